The molecule has 0 bridgehead atoms. The Morgan fingerprint density at radius 2 is 2.17 bits per heavy atom. The van der Waals surface area contributed by atoms with Gasteiger partial charge in [-0.2, -0.15) is 4.39 Å². The number of rotatable bonds is 5. The number of aliphatic hydroxyl groups is 1. The van der Waals surface area contributed by atoms with E-state index in [2.05, 4.69) is 0 Å². The van der Waals surface area contributed by atoms with E-state index in [9.17, 15) is 22.9 Å². The van der Waals surface area contributed by atoms with Crippen LogP contribution in [0.1, 0.15) is 6.92 Å². The first-order valence-corrected chi connectivity index (χ1v) is 6.34. The maximum Gasteiger partial charge on any atom is 0.324 e. The number of nitrogens with one attached hydrogen (secondary N) is 1. The molecular weight excluding hydrogens is 267 g/mol. The van der Waals surface area contributed by atoms with Crippen molar-refractivity contribution in [2.75, 3.05) is 6.54 Å². The number of sulfonamides is 1. The summed E-state index contributed by atoms with van der Waals surface area (Å²) in [4.78, 5) is 8.78. The van der Waals surface area contributed by atoms with Gasteiger partial charge in [-0.25, -0.2) is 13.1 Å². The van der Waals surface area contributed by atoms with Crippen LogP contribution in [0.25, 0.3) is 0 Å². The Labute approximate surface area is 102 Å². The second-order valence-electron chi connectivity index (χ2n) is 3.54. The third-order valence-corrected chi connectivity index (χ3v) is 3.45. The summed E-state index contributed by atoms with van der Waals surface area (Å²) in [6.07, 6.45) is -0.965. The molecule has 1 atom stereocenters. The van der Waals surface area contributed by atoms with E-state index in [-0.39, 0.29) is 6.54 Å². The molecule has 100 valence electrons. The molecule has 0 heterocycles. The number of nitrogens with zero attached hydrogens (tertiary/aromatic N) is 1. The minimum absolute atomic E-state index is 0.323. The van der Waals surface area contributed by atoms with Crippen LogP contribution in [-0.4, -0.2) is 31.1 Å². The van der Waals surface area contributed by atoms with Gasteiger partial charge in [0.2, 0.25) is 15.8 Å². The number of aliphatic hydroxyl groups excluding tert-OH is 1. The molecule has 0 aliphatic carbocycles. The predicted octanol–water partition coefficient (Wildman–Crippen LogP) is 0.393. The lowest BCUT2D eigenvalue weighted by atomic mass is 10.3. The number of benzene rings is 1. The van der Waals surface area contributed by atoms with E-state index in [0.29, 0.717) is 0 Å². The van der Waals surface area contributed by atoms with Gasteiger partial charge in [-0.1, -0.05) is 6.07 Å². The second kappa shape index (κ2) is 5.38. The SMILES string of the molecule is C[C@@H](O)CNS(=O)(=O)c1cccc(F)c1[N+](=O)[O-]. The number of nitro benzene ring substituents is 1. The quantitative estimate of drug-likeness (QED) is 0.598. The van der Waals surface area contributed by atoms with E-state index >= 15 is 0 Å². The number of nitro groups is 1. The molecule has 0 saturated carbocycles. The van der Waals surface area contributed by atoms with E-state index in [4.69, 9.17) is 5.11 Å². The molecule has 0 radical (unpaired) electrons. The monoisotopic (exact) mass is 278 g/mol. The van der Waals surface area contributed by atoms with E-state index in [1.54, 1.807) is 0 Å². The van der Waals surface area contributed by atoms with Crippen molar-refractivity contribution in [1.82, 2.24) is 4.72 Å². The number of hydrogen-bond donors (Lipinski definition) is 2. The Bertz CT molecular complexity index is 558. The molecule has 0 aliphatic heterocycles. The number of para-hydroxylation sites is 1. The summed E-state index contributed by atoms with van der Waals surface area (Å²) in [5.41, 5.74) is -1.12. The van der Waals surface area contributed by atoms with Gasteiger partial charge in [0.25, 0.3) is 0 Å². The van der Waals surface area contributed by atoms with Gasteiger partial charge in [-0.15, -0.1) is 0 Å². The van der Waals surface area contributed by atoms with Crippen molar-refractivity contribution in [3.05, 3.63) is 34.1 Å². The van der Waals surface area contributed by atoms with Crippen molar-refractivity contribution >= 4 is 15.7 Å². The average molecular weight is 278 g/mol. The lowest BCUT2D eigenvalue weighted by Gasteiger charge is -2.08. The minimum atomic E-state index is -4.25. The summed E-state index contributed by atoms with van der Waals surface area (Å²) in [7, 11) is -4.25. The van der Waals surface area contributed by atoms with Gasteiger partial charge in [0.05, 0.1) is 11.0 Å². The molecule has 1 aromatic carbocycles. The van der Waals surface area contributed by atoms with E-state index in [0.717, 1.165) is 18.2 Å². The molecule has 0 aliphatic rings. The fourth-order valence-electron chi connectivity index (χ4n) is 1.20. The standard InChI is InChI=1S/C9H11FN2O5S/c1-6(13)5-11-18(16,17)8-4-2-3-7(10)9(8)12(14)15/h2-4,6,11,13H,5H2,1H3/t6-/m1/s1. The van der Waals surface area contributed by atoms with Crippen LogP contribution in [-0.2, 0) is 10.0 Å². The molecule has 0 spiro atoms. The Morgan fingerprint density at radius 1 is 1.56 bits per heavy atom. The Kier molecular flexibility index (Phi) is 4.33. The first-order chi connectivity index (χ1) is 8.25. The molecule has 0 amide bonds. The van der Waals surface area contributed by atoms with Gasteiger partial charge in [0.15, 0.2) is 4.90 Å². The average Bonchev–Trinajstić information content (AvgIpc) is 2.25. The van der Waals surface area contributed by atoms with Gasteiger partial charge in [0, 0.05) is 6.54 Å². The van der Waals surface area contributed by atoms with Crippen molar-refractivity contribution in [2.45, 2.75) is 17.9 Å². The summed E-state index contributed by atoms with van der Waals surface area (Å²) in [6.45, 7) is 1.01. The van der Waals surface area contributed by atoms with Crippen molar-refractivity contribution in [3.8, 4) is 0 Å². The largest absolute Gasteiger partial charge is 0.392 e. The summed E-state index contributed by atoms with van der Waals surface area (Å²) in [6, 6.07) is 2.77. The van der Waals surface area contributed by atoms with Crippen LogP contribution in [0.4, 0.5) is 10.1 Å². The van der Waals surface area contributed by atoms with E-state index in [1.807, 2.05) is 4.72 Å². The molecule has 7 nitrogen and oxygen atoms in total. The third-order valence-electron chi connectivity index (χ3n) is 1.99. The number of hydrogen-bond acceptors (Lipinski definition) is 5. The zero-order valence-corrected chi connectivity index (χ0v) is 10.1. The number of halogens is 1. The van der Waals surface area contributed by atoms with Crippen molar-refractivity contribution in [1.29, 1.82) is 0 Å². The second-order valence-corrected chi connectivity index (χ2v) is 5.28. The maximum absolute atomic E-state index is 13.2. The van der Waals surface area contributed by atoms with Gasteiger partial charge in [0.1, 0.15) is 0 Å². The Morgan fingerprint density at radius 3 is 2.67 bits per heavy atom. The lowest BCUT2D eigenvalue weighted by Crippen LogP contribution is -2.31. The molecule has 0 unspecified atom stereocenters. The molecular formula is C9H11FN2O5S. The summed E-state index contributed by atoms with van der Waals surface area (Å²) in [5.74, 6) is -1.24. The fourth-order valence-corrected chi connectivity index (χ4v) is 2.50. The molecule has 2 N–H and O–H groups in total. The zero-order chi connectivity index (χ0) is 13.9. The lowest BCUT2D eigenvalue weighted by molar-refractivity contribution is -0.390. The zero-order valence-electron chi connectivity index (χ0n) is 9.33. The normalized spacial score (nSPS) is 13.3. The first-order valence-electron chi connectivity index (χ1n) is 4.86. The van der Waals surface area contributed by atoms with Gasteiger partial charge in [-0.3, -0.25) is 10.1 Å². The topological polar surface area (TPSA) is 110 Å². The van der Waals surface area contributed by atoms with Gasteiger partial charge < -0.3 is 5.11 Å². The summed E-state index contributed by atoms with van der Waals surface area (Å²) < 4.78 is 38.6. The highest BCUT2D eigenvalue weighted by atomic mass is 32.2. The maximum atomic E-state index is 13.2. The van der Waals surface area contributed by atoms with Crippen LogP contribution in [0.3, 0.4) is 0 Å². The highest BCUT2D eigenvalue weighted by Gasteiger charge is 2.29. The molecule has 0 saturated heterocycles. The Balaban J connectivity index is 3.24. The highest BCUT2D eigenvalue weighted by molar-refractivity contribution is 7.89. The molecule has 0 fully saturated rings. The fraction of sp³-hybridized carbons (Fsp3) is 0.333. The molecule has 18 heavy (non-hydrogen) atoms. The molecule has 1 rings (SSSR count). The van der Waals surface area contributed by atoms with Crippen LogP contribution in [0.2, 0.25) is 0 Å². The van der Waals surface area contributed by atoms with E-state index < -0.39 is 37.5 Å². The van der Waals surface area contributed by atoms with Crippen LogP contribution in [0, 0.1) is 15.9 Å². The summed E-state index contributed by atoms with van der Waals surface area (Å²) in [5, 5.41) is 19.6. The van der Waals surface area contributed by atoms with Crippen LogP contribution in [0.5, 0.6) is 0 Å². The van der Waals surface area contributed by atoms with Crippen molar-refractivity contribution in [3.63, 3.8) is 0 Å². The first kappa shape index (κ1) is 14.5. The minimum Gasteiger partial charge on any atom is -0.392 e. The molecule has 1 aromatic rings. The molecule has 9 heteroatoms. The van der Waals surface area contributed by atoms with Crippen LogP contribution < -0.4 is 4.72 Å². The molecule has 0 aromatic heterocycles. The van der Waals surface area contributed by atoms with Crippen molar-refractivity contribution < 1.29 is 22.8 Å². The Hall–Kier alpha value is -1.58. The smallest absolute Gasteiger partial charge is 0.324 e. The highest BCUT2D eigenvalue weighted by Crippen LogP contribution is 2.26. The van der Waals surface area contributed by atoms with Crippen LogP contribution >= 0.6 is 0 Å². The predicted molar refractivity (Wildman–Crippen MR) is 59.9 cm³/mol. The third kappa shape index (κ3) is 3.22. The van der Waals surface area contributed by atoms with Crippen molar-refractivity contribution in [2.24, 2.45) is 0 Å². The van der Waals surface area contributed by atoms with E-state index in [1.165, 1.54) is 6.92 Å². The van der Waals surface area contributed by atoms with Gasteiger partial charge in [-0.05, 0) is 19.1 Å². The van der Waals surface area contributed by atoms with Gasteiger partial charge >= 0.3 is 5.69 Å². The summed E-state index contributed by atoms with van der Waals surface area (Å²) >= 11 is 0. The van der Waals surface area contributed by atoms with Crippen LogP contribution in [0.15, 0.2) is 23.1 Å².